The van der Waals surface area contributed by atoms with E-state index in [4.69, 9.17) is 15.2 Å². The summed E-state index contributed by atoms with van der Waals surface area (Å²) in [5, 5.41) is 10.6. The molecule has 0 aliphatic carbocycles. The molecule has 1 aromatic heterocycles. The summed E-state index contributed by atoms with van der Waals surface area (Å²) >= 11 is 0. The van der Waals surface area contributed by atoms with Crippen LogP contribution in [-0.2, 0) is 6.42 Å². The van der Waals surface area contributed by atoms with E-state index in [1.165, 1.54) is 0 Å². The van der Waals surface area contributed by atoms with Crippen molar-refractivity contribution >= 4 is 11.4 Å². The Labute approximate surface area is 158 Å². The van der Waals surface area contributed by atoms with Crippen molar-refractivity contribution in [3.8, 4) is 22.9 Å². The number of hydrogen-bond donors (Lipinski definition) is 3. The van der Waals surface area contributed by atoms with Gasteiger partial charge in [0, 0.05) is 36.0 Å². The number of ether oxygens (including phenoxy) is 2. The van der Waals surface area contributed by atoms with Gasteiger partial charge in [-0.25, -0.2) is 4.98 Å². The third-order valence-corrected chi connectivity index (χ3v) is 3.93. The van der Waals surface area contributed by atoms with Crippen LogP contribution in [0.25, 0.3) is 11.4 Å². The Balaban J connectivity index is 1.58. The molecule has 2 aromatic carbocycles. The SMILES string of the molecule is CCOc1ccc(NCCc2nc(-c3ccc(N)cc3)n[nH]2)cc1OCC. The number of hydrogen-bond acceptors (Lipinski definition) is 6. The fourth-order valence-corrected chi connectivity index (χ4v) is 2.65. The Kier molecular flexibility index (Phi) is 6.14. The Morgan fingerprint density at radius 3 is 2.48 bits per heavy atom. The average Bonchev–Trinajstić information content (AvgIpc) is 3.14. The van der Waals surface area contributed by atoms with Crippen molar-refractivity contribution in [1.29, 1.82) is 0 Å². The molecule has 142 valence electrons. The van der Waals surface area contributed by atoms with E-state index in [2.05, 4.69) is 20.5 Å². The smallest absolute Gasteiger partial charge is 0.181 e. The van der Waals surface area contributed by atoms with Crippen LogP contribution in [0.1, 0.15) is 19.7 Å². The van der Waals surface area contributed by atoms with Gasteiger partial charge in [-0.05, 0) is 50.2 Å². The Hall–Kier alpha value is -3.22. The van der Waals surface area contributed by atoms with E-state index >= 15 is 0 Å². The number of nitrogens with zero attached hydrogens (tertiary/aromatic N) is 2. The summed E-state index contributed by atoms with van der Waals surface area (Å²) in [6.45, 7) is 5.83. The molecular formula is C20H25N5O2. The highest BCUT2D eigenvalue weighted by Gasteiger charge is 2.08. The molecule has 0 unspecified atom stereocenters. The van der Waals surface area contributed by atoms with Gasteiger partial charge in [0.1, 0.15) is 5.82 Å². The maximum absolute atomic E-state index is 5.71. The van der Waals surface area contributed by atoms with Gasteiger partial charge >= 0.3 is 0 Å². The third-order valence-electron chi connectivity index (χ3n) is 3.93. The molecule has 0 aliphatic rings. The summed E-state index contributed by atoms with van der Waals surface area (Å²) in [5.74, 6) is 3.00. The van der Waals surface area contributed by atoms with Crippen molar-refractivity contribution < 1.29 is 9.47 Å². The first-order chi connectivity index (χ1) is 13.2. The van der Waals surface area contributed by atoms with Crippen LogP contribution in [0.2, 0.25) is 0 Å². The first-order valence-electron chi connectivity index (χ1n) is 9.10. The molecule has 3 rings (SSSR count). The van der Waals surface area contributed by atoms with Crippen LogP contribution in [0.5, 0.6) is 11.5 Å². The molecule has 0 aliphatic heterocycles. The quantitative estimate of drug-likeness (QED) is 0.501. The van der Waals surface area contributed by atoms with Crippen molar-refractivity contribution in [1.82, 2.24) is 15.2 Å². The van der Waals surface area contributed by atoms with Gasteiger partial charge in [0.05, 0.1) is 13.2 Å². The van der Waals surface area contributed by atoms with Crippen molar-refractivity contribution in [2.24, 2.45) is 0 Å². The van der Waals surface area contributed by atoms with Gasteiger partial charge in [-0.2, -0.15) is 5.10 Å². The zero-order valence-electron chi connectivity index (χ0n) is 15.7. The van der Waals surface area contributed by atoms with E-state index in [1.54, 1.807) is 0 Å². The Bertz CT molecular complexity index is 861. The zero-order valence-corrected chi connectivity index (χ0v) is 15.7. The van der Waals surface area contributed by atoms with E-state index in [1.807, 2.05) is 56.3 Å². The van der Waals surface area contributed by atoms with Crippen LogP contribution in [0.4, 0.5) is 11.4 Å². The summed E-state index contributed by atoms with van der Waals surface area (Å²) in [6.07, 6.45) is 0.721. The number of rotatable bonds is 9. The highest BCUT2D eigenvalue weighted by atomic mass is 16.5. The van der Waals surface area contributed by atoms with Crippen molar-refractivity contribution in [2.45, 2.75) is 20.3 Å². The summed E-state index contributed by atoms with van der Waals surface area (Å²) < 4.78 is 11.2. The molecule has 7 heteroatoms. The molecule has 1 heterocycles. The Morgan fingerprint density at radius 2 is 1.74 bits per heavy atom. The maximum Gasteiger partial charge on any atom is 0.181 e. The highest BCUT2D eigenvalue weighted by Crippen LogP contribution is 2.30. The van der Waals surface area contributed by atoms with Crippen LogP contribution in [-0.4, -0.2) is 34.9 Å². The molecule has 0 saturated heterocycles. The molecule has 0 fully saturated rings. The molecule has 27 heavy (non-hydrogen) atoms. The Morgan fingerprint density at radius 1 is 1.00 bits per heavy atom. The number of aromatic nitrogens is 3. The minimum absolute atomic E-state index is 0.593. The van der Waals surface area contributed by atoms with Gasteiger partial charge in [0.15, 0.2) is 17.3 Å². The lowest BCUT2D eigenvalue weighted by molar-refractivity contribution is 0.288. The van der Waals surface area contributed by atoms with Gasteiger partial charge in [0.25, 0.3) is 0 Å². The van der Waals surface area contributed by atoms with E-state index in [-0.39, 0.29) is 0 Å². The van der Waals surface area contributed by atoms with Crippen molar-refractivity contribution in [3.63, 3.8) is 0 Å². The normalized spacial score (nSPS) is 10.6. The predicted molar refractivity (Wildman–Crippen MR) is 107 cm³/mol. The molecule has 0 spiro atoms. The second kappa shape index (κ2) is 8.93. The minimum atomic E-state index is 0.593. The largest absolute Gasteiger partial charge is 0.490 e. The molecule has 7 nitrogen and oxygen atoms in total. The van der Waals surface area contributed by atoms with E-state index in [0.29, 0.717) is 19.0 Å². The van der Waals surface area contributed by atoms with Crippen LogP contribution in [0.15, 0.2) is 42.5 Å². The third kappa shape index (κ3) is 4.91. The topological polar surface area (TPSA) is 98.1 Å². The van der Waals surface area contributed by atoms with E-state index < -0.39 is 0 Å². The molecule has 0 radical (unpaired) electrons. The fourth-order valence-electron chi connectivity index (χ4n) is 2.65. The minimum Gasteiger partial charge on any atom is -0.490 e. The lowest BCUT2D eigenvalue weighted by Gasteiger charge is -2.13. The lowest BCUT2D eigenvalue weighted by Crippen LogP contribution is -2.07. The van der Waals surface area contributed by atoms with Gasteiger partial charge < -0.3 is 20.5 Å². The molecule has 0 saturated carbocycles. The lowest BCUT2D eigenvalue weighted by atomic mass is 10.2. The summed E-state index contributed by atoms with van der Waals surface area (Å²) in [4.78, 5) is 4.53. The van der Waals surface area contributed by atoms with Crippen LogP contribution in [0, 0.1) is 0 Å². The van der Waals surface area contributed by atoms with Crippen molar-refractivity contribution in [2.75, 3.05) is 30.8 Å². The fraction of sp³-hybridized carbons (Fsp3) is 0.300. The molecule has 0 atom stereocenters. The summed E-state index contributed by atoms with van der Waals surface area (Å²) in [6, 6.07) is 13.4. The molecule has 0 amide bonds. The summed E-state index contributed by atoms with van der Waals surface area (Å²) in [7, 11) is 0. The first kappa shape index (κ1) is 18.6. The second-order valence-corrected chi connectivity index (χ2v) is 5.93. The number of benzene rings is 2. The van der Waals surface area contributed by atoms with Crippen molar-refractivity contribution in [3.05, 3.63) is 48.3 Å². The van der Waals surface area contributed by atoms with Crippen LogP contribution >= 0.6 is 0 Å². The molecular weight excluding hydrogens is 342 g/mol. The molecule has 4 N–H and O–H groups in total. The molecule has 3 aromatic rings. The van der Waals surface area contributed by atoms with E-state index in [0.717, 1.165) is 47.2 Å². The van der Waals surface area contributed by atoms with Gasteiger partial charge in [0.2, 0.25) is 0 Å². The second-order valence-electron chi connectivity index (χ2n) is 5.93. The van der Waals surface area contributed by atoms with Crippen LogP contribution in [0.3, 0.4) is 0 Å². The predicted octanol–water partition coefficient (Wildman–Crippen LogP) is 3.51. The standard InChI is InChI=1S/C20H25N5O2/c1-3-26-17-10-9-16(13-18(17)27-4-2)22-12-11-19-23-20(25-24-19)14-5-7-15(21)8-6-14/h5-10,13,22H,3-4,11-12,21H2,1-2H3,(H,23,24,25). The maximum atomic E-state index is 5.71. The number of aromatic amines is 1. The number of nitrogen functional groups attached to an aromatic ring is 1. The van der Waals surface area contributed by atoms with Crippen LogP contribution < -0.4 is 20.5 Å². The number of nitrogens with two attached hydrogens (primary N) is 1. The average molecular weight is 367 g/mol. The molecule has 0 bridgehead atoms. The van der Waals surface area contributed by atoms with Gasteiger partial charge in [-0.3, -0.25) is 5.10 Å². The van der Waals surface area contributed by atoms with Gasteiger partial charge in [-0.15, -0.1) is 0 Å². The number of anilines is 2. The van der Waals surface area contributed by atoms with Gasteiger partial charge in [-0.1, -0.05) is 0 Å². The van der Waals surface area contributed by atoms with E-state index in [9.17, 15) is 0 Å². The summed E-state index contributed by atoms with van der Waals surface area (Å²) in [5.41, 5.74) is 8.35. The first-order valence-corrected chi connectivity index (χ1v) is 9.10. The number of nitrogens with one attached hydrogen (secondary N) is 2. The zero-order chi connectivity index (χ0) is 19.1. The number of H-pyrrole nitrogens is 1. The highest BCUT2D eigenvalue weighted by molar-refractivity contribution is 5.58. The monoisotopic (exact) mass is 367 g/mol.